The van der Waals surface area contributed by atoms with Crippen molar-refractivity contribution in [2.75, 3.05) is 0 Å². The Morgan fingerprint density at radius 3 is 2.05 bits per heavy atom. The molecule has 1 unspecified atom stereocenters. The van der Waals surface area contributed by atoms with E-state index in [0.717, 1.165) is 89.6 Å². The summed E-state index contributed by atoms with van der Waals surface area (Å²) in [5.74, 6) is 0.454. The molecular weight excluding hydrogens is 707 g/mol. The van der Waals surface area contributed by atoms with Crippen molar-refractivity contribution in [2.45, 2.75) is 39.0 Å². The zero-order chi connectivity index (χ0) is 43.3. The normalized spacial score (nSPS) is 16.7. The number of nitrogens with zero attached hydrogens (tertiary/aromatic N) is 3. The predicted octanol–water partition coefficient (Wildman–Crippen LogP) is 12.0. The summed E-state index contributed by atoms with van der Waals surface area (Å²) >= 11 is 0. The quantitative estimate of drug-likeness (QED) is 0.164. The van der Waals surface area contributed by atoms with Crippen LogP contribution in [0.5, 0.6) is 5.75 Å². The third-order valence-corrected chi connectivity index (χ3v) is 12.3. The Hall–Kier alpha value is -7.04. The fraction of sp³-hybridized carbons (Fsp3) is 0.111. The lowest BCUT2D eigenvalue weighted by atomic mass is 9.80. The molecule has 5 heterocycles. The van der Waals surface area contributed by atoms with Gasteiger partial charge in [0.1, 0.15) is 22.6 Å². The van der Waals surface area contributed by atoms with E-state index in [9.17, 15) is 0 Å². The number of hydrogen-bond donors (Lipinski definition) is 0. The summed E-state index contributed by atoms with van der Waals surface area (Å²) in [6.07, 6.45) is 1.97. The lowest BCUT2D eigenvalue weighted by Crippen LogP contribution is -2.78. The largest absolute Gasteiger partial charge is 0.499 e. The van der Waals surface area contributed by atoms with Gasteiger partial charge in [-0.25, -0.2) is 0 Å². The maximum Gasteiger partial charge on any atom is 0.499 e. The molecule has 276 valence electrons. The van der Waals surface area contributed by atoms with Gasteiger partial charge in [-0.1, -0.05) is 130 Å². The molecule has 4 heteroatoms. The highest BCUT2D eigenvalue weighted by atomic mass is 16.5. The molecule has 0 N–H and O–H groups in total. The fourth-order valence-electron chi connectivity index (χ4n) is 9.66. The standard InChI is InChI=1S/C54H41N3O/c1-34-29-43(37-21-12-7-13-22-37)48(33-42(34)36-19-10-6-11-20-36)56-46-25-16-24-40-44-31-39(53(2,3)4)32-45-47-30-38(35-17-8-5-9-18-35)27-28-55(47)54(50(44)45)57(51(40)46)52(56)41-23-14-15-26-49(41)58-54/h5-33H,1-4H3/q+2/i5D,8D,9D,17D,18D. The minimum Gasteiger partial charge on any atom is -0.392 e. The molecule has 58 heavy (non-hydrogen) atoms. The summed E-state index contributed by atoms with van der Waals surface area (Å²) in [6.45, 7) is 8.86. The van der Waals surface area contributed by atoms with E-state index in [2.05, 4.69) is 163 Å². The monoisotopic (exact) mass is 752 g/mol. The zero-order valence-corrected chi connectivity index (χ0v) is 32.6. The van der Waals surface area contributed by atoms with E-state index in [1.54, 1.807) is 0 Å². The van der Waals surface area contributed by atoms with Crippen molar-refractivity contribution in [3.8, 4) is 78.6 Å². The fourth-order valence-corrected chi connectivity index (χ4v) is 9.66. The van der Waals surface area contributed by atoms with Gasteiger partial charge in [0.2, 0.25) is 5.69 Å². The highest BCUT2D eigenvalue weighted by molar-refractivity contribution is 5.99. The molecule has 3 aliphatic rings. The van der Waals surface area contributed by atoms with E-state index in [4.69, 9.17) is 11.6 Å². The molecule has 1 spiro atoms. The van der Waals surface area contributed by atoms with E-state index in [0.29, 0.717) is 5.56 Å². The number of ether oxygens (including phenoxy) is 1. The Morgan fingerprint density at radius 1 is 0.603 bits per heavy atom. The number of benzene rings is 7. The first-order chi connectivity index (χ1) is 30.4. The van der Waals surface area contributed by atoms with Gasteiger partial charge in [-0.15, -0.1) is 9.13 Å². The molecule has 0 radical (unpaired) electrons. The second kappa shape index (κ2) is 11.7. The minimum absolute atomic E-state index is 0.163. The molecule has 2 aromatic heterocycles. The average molecular weight is 753 g/mol. The van der Waals surface area contributed by atoms with Crippen LogP contribution in [0.3, 0.4) is 0 Å². The third-order valence-electron chi connectivity index (χ3n) is 12.3. The average Bonchev–Trinajstić information content (AvgIpc) is 3.79. The third kappa shape index (κ3) is 4.40. The molecule has 0 amide bonds. The van der Waals surface area contributed by atoms with Crippen LogP contribution in [0.4, 0.5) is 0 Å². The van der Waals surface area contributed by atoms with Crippen molar-refractivity contribution in [3.63, 3.8) is 0 Å². The van der Waals surface area contributed by atoms with Crippen molar-refractivity contribution < 1.29 is 20.7 Å². The molecule has 4 nitrogen and oxygen atoms in total. The number of aromatic nitrogens is 3. The number of para-hydroxylation sites is 2. The second-order valence-corrected chi connectivity index (χ2v) is 16.7. The molecule has 0 bridgehead atoms. The molecule has 0 fully saturated rings. The summed E-state index contributed by atoms with van der Waals surface area (Å²) in [6, 6.07) is 47.6. The number of pyridine rings is 1. The smallest absolute Gasteiger partial charge is 0.392 e. The second-order valence-electron chi connectivity index (χ2n) is 16.7. The molecule has 9 aromatic rings. The van der Waals surface area contributed by atoms with Gasteiger partial charge in [-0.2, -0.15) is 4.57 Å². The Kier molecular flexibility index (Phi) is 5.75. The molecule has 0 saturated carbocycles. The first-order valence-electron chi connectivity index (χ1n) is 22.4. The van der Waals surface area contributed by atoms with E-state index < -0.39 is 11.9 Å². The van der Waals surface area contributed by atoms with Crippen LogP contribution in [0.25, 0.3) is 83.9 Å². The maximum atomic E-state index is 8.94. The molecular formula is C54H41N3O+2. The molecule has 12 rings (SSSR count). The summed E-state index contributed by atoms with van der Waals surface area (Å²) < 4.78 is 57.9. The molecule has 3 aliphatic heterocycles. The lowest BCUT2D eigenvalue weighted by molar-refractivity contribution is -0.997. The van der Waals surface area contributed by atoms with Gasteiger partial charge in [-0.05, 0) is 99.8 Å². The summed E-state index contributed by atoms with van der Waals surface area (Å²) in [5, 5.41) is 0. The zero-order valence-electron chi connectivity index (χ0n) is 37.6. The Balaban J connectivity index is 1.25. The van der Waals surface area contributed by atoms with Crippen LogP contribution in [0, 0.1) is 6.92 Å². The van der Waals surface area contributed by atoms with E-state index >= 15 is 0 Å². The maximum absolute atomic E-state index is 8.94. The van der Waals surface area contributed by atoms with Crippen molar-refractivity contribution in [1.82, 2.24) is 4.57 Å². The Bertz CT molecular complexity index is 3450. The van der Waals surface area contributed by atoms with Gasteiger partial charge in [0, 0.05) is 28.8 Å². The summed E-state index contributed by atoms with van der Waals surface area (Å²) in [5.41, 5.74) is 16.3. The van der Waals surface area contributed by atoms with E-state index in [1.807, 2.05) is 24.4 Å². The number of aryl methyl sites for hydroxylation is 1. The minimum atomic E-state index is -1.24. The molecule has 1 atom stereocenters. The highest BCUT2D eigenvalue weighted by Gasteiger charge is 2.68. The number of rotatable bonds is 4. The van der Waals surface area contributed by atoms with Crippen LogP contribution >= 0.6 is 0 Å². The predicted molar refractivity (Wildman–Crippen MR) is 233 cm³/mol. The van der Waals surface area contributed by atoms with Gasteiger partial charge in [0.25, 0.3) is 0 Å². The number of imidazole rings is 1. The molecule has 7 aromatic carbocycles. The van der Waals surface area contributed by atoms with Crippen LogP contribution < -0.4 is 13.9 Å². The van der Waals surface area contributed by atoms with Crippen LogP contribution in [-0.4, -0.2) is 4.57 Å². The van der Waals surface area contributed by atoms with Crippen molar-refractivity contribution in [3.05, 3.63) is 193 Å². The van der Waals surface area contributed by atoms with E-state index in [1.165, 1.54) is 5.56 Å². The highest BCUT2D eigenvalue weighted by Crippen LogP contribution is 2.54. The van der Waals surface area contributed by atoms with Crippen LogP contribution in [0.15, 0.2) is 176 Å². The first kappa shape index (κ1) is 28.4. The van der Waals surface area contributed by atoms with Gasteiger partial charge in [-0.3, -0.25) is 0 Å². The van der Waals surface area contributed by atoms with Gasteiger partial charge in [0.15, 0.2) is 17.2 Å². The number of fused-ring (bicyclic) bond motifs is 5. The van der Waals surface area contributed by atoms with Crippen molar-refractivity contribution >= 4 is 11.0 Å². The van der Waals surface area contributed by atoms with Crippen LogP contribution in [-0.2, 0) is 11.3 Å². The van der Waals surface area contributed by atoms with Crippen molar-refractivity contribution in [2.24, 2.45) is 0 Å². The van der Waals surface area contributed by atoms with Crippen LogP contribution in [0.2, 0.25) is 0 Å². The van der Waals surface area contributed by atoms with Crippen LogP contribution in [0.1, 0.15) is 44.3 Å². The van der Waals surface area contributed by atoms with Gasteiger partial charge < -0.3 is 4.74 Å². The summed E-state index contributed by atoms with van der Waals surface area (Å²) in [4.78, 5) is 0. The molecule has 0 saturated heterocycles. The lowest BCUT2D eigenvalue weighted by Gasteiger charge is -2.33. The molecule has 0 aliphatic carbocycles. The summed E-state index contributed by atoms with van der Waals surface area (Å²) in [7, 11) is 0. The van der Waals surface area contributed by atoms with Crippen molar-refractivity contribution in [1.29, 1.82) is 0 Å². The van der Waals surface area contributed by atoms with Gasteiger partial charge in [0.05, 0.1) is 12.4 Å². The Morgan fingerprint density at radius 2 is 1.29 bits per heavy atom. The SMILES string of the molecule is [2H]c1c([2H])c([2H])c(-c2cc[n+]3c(c2)-c2cc(C(C)(C)C)cc4c2C32Oc3ccccc3-c3n(-c5cc(-c6ccccc6)c(C)cc5-c5ccccc5)c5cccc-4c5[n+]32)c([2H])c1[2H]. The van der Waals surface area contributed by atoms with Gasteiger partial charge >= 0.3 is 11.7 Å². The number of hydrogen-bond acceptors (Lipinski definition) is 1. The Labute approximate surface area is 345 Å². The van der Waals surface area contributed by atoms with E-state index in [-0.39, 0.29) is 35.1 Å². The topological polar surface area (TPSA) is 21.9 Å². The first-order valence-corrected chi connectivity index (χ1v) is 19.9.